The van der Waals surface area contributed by atoms with Crippen LogP contribution in [0.25, 0.3) is 0 Å². The Morgan fingerprint density at radius 3 is 2.81 bits per heavy atom. The summed E-state index contributed by atoms with van der Waals surface area (Å²) in [4.78, 5) is 3.88. The topological polar surface area (TPSA) is 98.2 Å². The standard InChI is InChI=1S/C9H9N3O3S/c10-16(13,14)8-3-1-2-7(6-8)12-9-11-4-5-15-9/h1-6H,(H,11,12)(H2,10,13,14). The van der Waals surface area contributed by atoms with Crippen LogP contribution in [-0.4, -0.2) is 13.4 Å². The number of benzene rings is 1. The van der Waals surface area contributed by atoms with Crippen LogP contribution in [0.15, 0.2) is 46.0 Å². The number of nitrogens with zero attached hydrogens (tertiary/aromatic N) is 1. The molecule has 0 aliphatic carbocycles. The zero-order valence-electron chi connectivity index (χ0n) is 8.12. The summed E-state index contributed by atoms with van der Waals surface area (Å²) in [7, 11) is -3.70. The second-order valence-corrected chi connectivity index (χ2v) is 4.60. The van der Waals surface area contributed by atoms with Crippen molar-refractivity contribution < 1.29 is 12.8 Å². The fraction of sp³-hybridized carbons (Fsp3) is 0. The maximum Gasteiger partial charge on any atom is 0.299 e. The molecule has 0 radical (unpaired) electrons. The smallest absolute Gasteiger partial charge is 0.299 e. The average molecular weight is 239 g/mol. The molecular weight excluding hydrogens is 230 g/mol. The van der Waals surface area contributed by atoms with Crippen molar-refractivity contribution in [3.63, 3.8) is 0 Å². The normalized spacial score (nSPS) is 11.3. The van der Waals surface area contributed by atoms with Crippen LogP contribution in [0.3, 0.4) is 0 Å². The minimum Gasteiger partial charge on any atom is -0.432 e. The van der Waals surface area contributed by atoms with E-state index in [-0.39, 0.29) is 10.9 Å². The molecule has 0 unspecified atom stereocenters. The lowest BCUT2D eigenvalue weighted by Gasteiger charge is -2.03. The lowest BCUT2D eigenvalue weighted by molar-refractivity contribution is 0.577. The van der Waals surface area contributed by atoms with Crippen molar-refractivity contribution >= 4 is 21.7 Å². The van der Waals surface area contributed by atoms with Crippen molar-refractivity contribution in [2.75, 3.05) is 5.32 Å². The summed E-state index contributed by atoms with van der Waals surface area (Å²) >= 11 is 0. The van der Waals surface area contributed by atoms with Crippen molar-refractivity contribution in [2.45, 2.75) is 4.90 Å². The van der Waals surface area contributed by atoms with Gasteiger partial charge < -0.3 is 9.73 Å². The number of hydrogen-bond acceptors (Lipinski definition) is 5. The molecule has 1 aromatic carbocycles. The number of rotatable bonds is 3. The average Bonchev–Trinajstić information content (AvgIpc) is 2.70. The van der Waals surface area contributed by atoms with Gasteiger partial charge in [-0.2, -0.15) is 0 Å². The first-order valence-electron chi connectivity index (χ1n) is 4.35. The Hall–Kier alpha value is -1.86. The minimum atomic E-state index is -3.70. The molecule has 0 aliphatic rings. The molecular formula is C9H9N3O3S. The lowest BCUT2D eigenvalue weighted by atomic mass is 10.3. The molecule has 2 aromatic rings. The number of oxazole rings is 1. The molecule has 0 aliphatic heterocycles. The predicted octanol–water partition coefficient (Wildman–Crippen LogP) is 1.07. The Morgan fingerprint density at radius 2 is 2.19 bits per heavy atom. The van der Waals surface area contributed by atoms with E-state index in [0.29, 0.717) is 5.69 Å². The Morgan fingerprint density at radius 1 is 1.38 bits per heavy atom. The van der Waals surface area contributed by atoms with E-state index in [1.807, 2.05) is 0 Å². The zero-order valence-corrected chi connectivity index (χ0v) is 8.94. The maximum atomic E-state index is 11.1. The molecule has 0 spiro atoms. The van der Waals surface area contributed by atoms with Crippen LogP contribution < -0.4 is 10.5 Å². The van der Waals surface area contributed by atoms with Crippen molar-refractivity contribution in [2.24, 2.45) is 5.14 Å². The van der Waals surface area contributed by atoms with Crippen LogP contribution in [0.4, 0.5) is 11.7 Å². The third-order valence-corrected chi connectivity index (χ3v) is 2.76. The van der Waals surface area contributed by atoms with Crippen LogP contribution in [0.2, 0.25) is 0 Å². The van der Waals surface area contributed by atoms with Crippen molar-refractivity contribution in [3.05, 3.63) is 36.7 Å². The van der Waals surface area contributed by atoms with Crippen LogP contribution in [0, 0.1) is 0 Å². The van der Waals surface area contributed by atoms with Gasteiger partial charge in [0.1, 0.15) is 6.26 Å². The Kier molecular flexibility index (Phi) is 2.63. The summed E-state index contributed by atoms with van der Waals surface area (Å²) in [6, 6.07) is 6.35. The number of aromatic nitrogens is 1. The Balaban J connectivity index is 2.30. The maximum absolute atomic E-state index is 11.1. The van der Waals surface area contributed by atoms with Crippen LogP contribution in [0.1, 0.15) is 0 Å². The first kappa shape index (κ1) is 10.7. The van der Waals surface area contributed by atoms with Crippen molar-refractivity contribution in [1.29, 1.82) is 0 Å². The Labute approximate surface area is 92.2 Å². The molecule has 0 atom stereocenters. The fourth-order valence-corrected chi connectivity index (χ4v) is 1.72. The first-order chi connectivity index (χ1) is 7.55. The van der Waals surface area contributed by atoms with E-state index in [9.17, 15) is 8.42 Å². The molecule has 16 heavy (non-hydrogen) atoms. The van der Waals surface area contributed by atoms with Gasteiger partial charge in [-0.3, -0.25) is 0 Å². The lowest BCUT2D eigenvalue weighted by Crippen LogP contribution is -2.12. The van der Waals surface area contributed by atoms with Gasteiger partial charge in [-0.25, -0.2) is 18.5 Å². The monoisotopic (exact) mass is 239 g/mol. The van der Waals surface area contributed by atoms with Gasteiger partial charge in [0.15, 0.2) is 0 Å². The zero-order chi connectivity index (χ0) is 11.6. The third kappa shape index (κ3) is 2.38. The van der Waals surface area contributed by atoms with E-state index < -0.39 is 10.0 Å². The third-order valence-electron chi connectivity index (χ3n) is 1.85. The number of anilines is 2. The van der Waals surface area contributed by atoms with Gasteiger partial charge >= 0.3 is 0 Å². The molecule has 0 saturated heterocycles. The van der Waals surface area contributed by atoms with Crippen LogP contribution in [-0.2, 0) is 10.0 Å². The summed E-state index contributed by atoms with van der Waals surface area (Å²) in [5.74, 6) is 0. The fourth-order valence-electron chi connectivity index (χ4n) is 1.16. The Bertz CT molecular complexity index is 578. The highest BCUT2D eigenvalue weighted by Gasteiger charge is 2.08. The summed E-state index contributed by atoms with van der Waals surface area (Å²) in [5, 5.41) is 7.80. The number of sulfonamides is 1. The van der Waals surface area contributed by atoms with E-state index >= 15 is 0 Å². The van der Waals surface area contributed by atoms with Crippen molar-refractivity contribution in [1.82, 2.24) is 4.98 Å². The van der Waals surface area contributed by atoms with E-state index in [4.69, 9.17) is 9.56 Å². The summed E-state index contributed by atoms with van der Waals surface area (Å²) in [5.41, 5.74) is 0.536. The van der Waals surface area contributed by atoms with Crippen LogP contribution in [0.5, 0.6) is 0 Å². The molecule has 0 saturated carbocycles. The second-order valence-electron chi connectivity index (χ2n) is 3.04. The van der Waals surface area contributed by atoms with E-state index in [2.05, 4.69) is 10.3 Å². The van der Waals surface area contributed by atoms with Gasteiger partial charge in [0.25, 0.3) is 6.01 Å². The molecule has 2 rings (SSSR count). The molecule has 0 bridgehead atoms. The molecule has 84 valence electrons. The predicted molar refractivity (Wildman–Crippen MR) is 57.6 cm³/mol. The first-order valence-corrected chi connectivity index (χ1v) is 5.90. The van der Waals surface area contributed by atoms with Gasteiger partial charge in [0, 0.05) is 5.69 Å². The molecule has 1 heterocycles. The van der Waals surface area contributed by atoms with E-state index in [1.54, 1.807) is 12.1 Å². The van der Waals surface area contributed by atoms with Gasteiger partial charge in [-0.15, -0.1) is 0 Å². The number of nitrogens with one attached hydrogen (secondary N) is 1. The SMILES string of the molecule is NS(=O)(=O)c1cccc(Nc2ncco2)c1. The molecule has 6 nitrogen and oxygen atoms in total. The highest BCUT2D eigenvalue weighted by atomic mass is 32.2. The number of primary sulfonamides is 1. The van der Waals surface area contributed by atoms with Crippen LogP contribution >= 0.6 is 0 Å². The van der Waals surface area contributed by atoms with E-state index in [0.717, 1.165) is 0 Å². The van der Waals surface area contributed by atoms with Gasteiger partial charge in [0.05, 0.1) is 11.1 Å². The summed E-state index contributed by atoms with van der Waals surface area (Å²) < 4.78 is 27.2. The quantitative estimate of drug-likeness (QED) is 0.834. The highest BCUT2D eigenvalue weighted by Crippen LogP contribution is 2.17. The molecule has 7 heteroatoms. The number of hydrogen-bond donors (Lipinski definition) is 2. The van der Waals surface area contributed by atoms with Gasteiger partial charge in [0.2, 0.25) is 10.0 Å². The molecule has 3 N–H and O–H groups in total. The minimum absolute atomic E-state index is 0.0315. The van der Waals surface area contributed by atoms with E-state index in [1.165, 1.54) is 24.6 Å². The molecule has 0 fully saturated rings. The molecule has 0 amide bonds. The second kappa shape index (κ2) is 3.95. The highest BCUT2D eigenvalue weighted by molar-refractivity contribution is 7.89. The van der Waals surface area contributed by atoms with Crippen molar-refractivity contribution in [3.8, 4) is 0 Å². The van der Waals surface area contributed by atoms with Gasteiger partial charge in [-0.1, -0.05) is 6.07 Å². The van der Waals surface area contributed by atoms with Gasteiger partial charge in [-0.05, 0) is 18.2 Å². The molecule has 1 aromatic heterocycles. The number of nitrogens with two attached hydrogens (primary N) is 1. The summed E-state index contributed by atoms with van der Waals surface area (Å²) in [6.07, 6.45) is 2.89. The summed E-state index contributed by atoms with van der Waals surface area (Å²) in [6.45, 7) is 0. The largest absolute Gasteiger partial charge is 0.432 e.